The molecule has 2 N–H and O–H groups in total. The molecule has 0 spiro atoms. The van der Waals surface area contributed by atoms with Crippen LogP contribution >= 0.6 is 0 Å². The van der Waals surface area contributed by atoms with Gasteiger partial charge in [0, 0.05) is 32.2 Å². The van der Waals surface area contributed by atoms with Crippen molar-refractivity contribution in [2.24, 2.45) is 34.5 Å². The summed E-state index contributed by atoms with van der Waals surface area (Å²) in [5.41, 5.74) is 0.249. The average Bonchev–Trinajstić information content (AvgIpc) is 2.92. The van der Waals surface area contributed by atoms with E-state index in [0.717, 1.165) is 25.7 Å². The fourth-order valence-electron chi connectivity index (χ4n) is 8.47. The summed E-state index contributed by atoms with van der Waals surface area (Å²) in [6.45, 7) is 9.46. The Morgan fingerprint density at radius 2 is 1.48 bits per heavy atom. The maximum atomic E-state index is 11.9. The van der Waals surface area contributed by atoms with E-state index in [1.165, 1.54) is 32.6 Å². The topological polar surface area (TPSA) is 84.5 Å². The second-order valence-corrected chi connectivity index (χ2v) is 11.4. The van der Waals surface area contributed by atoms with Crippen LogP contribution in [0.2, 0.25) is 0 Å². The van der Waals surface area contributed by atoms with Crippen LogP contribution in [-0.4, -0.2) is 36.0 Å². The molecule has 2 amide bonds. The van der Waals surface area contributed by atoms with Gasteiger partial charge >= 0.3 is 5.97 Å². The largest absolute Gasteiger partial charge is 0.460 e. The first-order valence-corrected chi connectivity index (χ1v) is 12.3. The fraction of sp³-hybridized carbons (Fsp3) is 0.880. The molecular formula is C25H40N2O4. The number of rotatable bonds is 3. The first kappa shape index (κ1) is 22.6. The van der Waals surface area contributed by atoms with Crippen molar-refractivity contribution < 1.29 is 19.1 Å². The molecule has 0 bridgehead atoms. The highest BCUT2D eigenvalue weighted by Gasteiger charge is 2.63. The van der Waals surface area contributed by atoms with Crippen molar-refractivity contribution in [1.29, 1.82) is 0 Å². The van der Waals surface area contributed by atoms with E-state index in [1.807, 2.05) is 0 Å². The van der Waals surface area contributed by atoms with Crippen molar-refractivity contribution in [3.05, 3.63) is 0 Å². The fourth-order valence-corrected chi connectivity index (χ4v) is 8.47. The van der Waals surface area contributed by atoms with Crippen molar-refractivity contribution >= 4 is 17.8 Å². The molecule has 4 fully saturated rings. The maximum Gasteiger partial charge on any atom is 0.302 e. The number of hydrogen-bond acceptors (Lipinski definition) is 4. The second kappa shape index (κ2) is 8.08. The minimum absolute atomic E-state index is 0.0482. The van der Waals surface area contributed by atoms with E-state index < -0.39 is 0 Å². The highest BCUT2D eigenvalue weighted by atomic mass is 16.5. The van der Waals surface area contributed by atoms with Gasteiger partial charge in [-0.1, -0.05) is 13.8 Å². The molecule has 4 aliphatic carbocycles. The van der Waals surface area contributed by atoms with Gasteiger partial charge in [0.1, 0.15) is 6.10 Å². The summed E-state index contributed by atoms with van der Waals surface area (Å²) in [4.78, 5) is 35.4. The van der Waals surface area contributed by atoms with Crippen LogP contribution in [0.5, 0.6) is 0 Å². The molecule has 0 aliphatic heterocycles. The Kier molecular flexibility index (Phi) is 5.89. The van der Waals surface area contributed by atoms with Gasteiger partial charge in [-0.15, -0.1) is 0 Å². The number of ether oxygens (including phenoxy) is 1. The summed E-state index contributed by atoms with van der Waals surface area (Å²) in [7, 11) is 0. The van der Waals surface area contributed by atoms with Crippen LogP contribution in [0.1, 0.15) is 86.0 Å². The summed E-state index contributed by atoms with van der Waals surface area (Å²) in [6, 6.07) is 0.237. The molecule has 9 atom stereocenters. The molecule has 0 saturated heterocycles. The maximum absolute atomic E-state index is 11.9. The van der Waals surface area contributed by atoms with Crippen LogP contribution in [0, 0.1) is 34.5 Å². The van der Waals surface area contributed by atoms with Gasteiger partial charge in [0.05, 0.1) is 6.04 Å². The zero-order valence-electron chi connectivity index (χ0n) is 19.8. The molecule has 0 aromatic heterocycles. The summed E-state index contributed by atoms with van der Waals surface area (Å²) >= 11 is 0. The first-order valence-electron chi connectivity index (χ1n) is 12.3. The third-order valence-electron chi connectivity index (χ3n) is 9.72. The third kappa shape index (κ3) is 3.89. The Bertz CT molecular complexity index is 754. The molecule has 0 radical (unpaired) electrons. The molecule has 0 aromatic rings. The molecule has 31 heavy (non-hydrogen) atoms. The van der Waals surface area contributed by atoms with Crippen LogP contribution < -0.4 is 10.6 Å². The predicted octanol–water partition coefficient (Wildman–Crippen LogP) is 3.58. The number of hydrogen-bond donors (Lipinski definition) is 2. The lowest BCUT2D eigenvalue weighted by molar-refractivity contribution is -0.163. The van der Waals surface area contributed by atoms with Gasteiger partial charge in [0.25, 0.3) is 0 Å². The molecule has 4 saturated carbocycles. The van der Waals surface area contributed by atoms with Crippen molar-refractivity contribution in [3.63, 3.8) is 0 Å². The van der Waals surface area contributed by atoms with E-state index >= 15 is 0 Å². The number of carbonyl (C=O) groups excluding carboxylic acids is 3. The third-order valence-corrected chi connectivity index (χ3v) is 9.72. The van der Waals surface area contributed by atoms with Crippen LogP contribution in [0.25, 0.3) is 0 Å². The molecule has 174 valence electrons. The van der Waals surface area contributed by atoms with Gasteiger partial charge in [0.2, 0.25) is 11.8 Å². The zero-order valence-corrected chi connectivity index (χ0v) is 19.8. The van der Waals surface area contributed by atoms with E-state index in [2.05, 4.69) is 24.5 Å². The molecular weight excluding hydrogens is 392 g/mol. The number of esters is 1. The minimum atomic E-state index is -0.253. The number of nitrogens with one attached hydrogen (secondary N) is 2. The lowest BCUT2D eigenvalue weighted by atomic mass is 9.45. The van der Waals surface area contributed by atoms with E-state index in [4.69, 9.17) is 4.74 Å². The lowest BCUT2D eigenvalue weighted by Gasteiger charge is -2.60. The number of carbonyl (C=O) groups is 3. The van der Waals surface area contributed by atoms with Crippen molar-refractivity contribution in [2.75, 3.05) is 0 Å². The molecule has 4 rings (SSSR count). The Balaban J connectivity index is 1.56. The molecule has 6 heteroatoms. The SMILES string of the molecule is CC(=O)N[C@H]1CC[C@@]2(C)[C@H](CC[C@@H]3[C@@H]2CC[C@@]2(C)[C@H]3C[C@@H](NC(C)=O)[C@@H]2OC(C)=O)C1. The first-order chi connectivity index (χ1) is 14.5. The average molecular weight is 433 g/mol. The highest BCUT2D eigenvalue weighted by Crippen LogP contribution is 2.66. The monoisotopic (exact) mass is 432 g/mol. The normalized spacial score (nSPS) is 46.2. The Morgan fingerprint density at radius 3 is 2.13 bits per heavy atom. The summed E-state index contributed by atoms with van der Waals surface area (Å²) in [6.07, 6.45) is 8.65. The van der Waals surface area contributed by atoms with Gasteiger partial charge < -0.3 is 15.4 Å². The number of amides is 2. The van der Waals surface area contributed by atoms with Crippen molar-refractivity contribution in [2.45, 2.75) is 104 Å². The molecule has 0 heterocycles. The van der Waals surface area contributed by atoms with Crippen molar-refractivity contribution in [3.8, 4) is 0 Å². The van der Waals surface area contributed by atoms with Crippen LogP contribution in [0.3, 0.4) is 0 Å². The Hall–Kier alpha value is -1.59. The molecule has 4 aliphatic rings. The summed E-state index contributed by atoms with van der Waals surface area (Å²) in [5, 5.41) is 6.28. The van der Waals surface area contributed by atoms with Gasteiger partial charge in [0.15, 0.2) is 0 Å². The van der Waals surface area contributed by atoms with E-state index in [1.54, 1.807) is 13.8 Å². The Morgan fingerprint density at radius 1 is 0.806 bits per heavy atom. The van der Waals surface area contributed by atoms with Gasteiger partial charge in [-0.2, -0.15) is 0 Å². The standard InChI is InChI=1S/C25H40N2O4/c1-14(28)26-18-8-10-24(4)17(12-18)6-7-19-20(24)9-11-25(5)21(19)13-22(27-15(2)29)23(25)31-16(3)30/h17-23H,6-13H2,1-5H3,(H,26,28)(H,27,29)/t17-,18+,19-,20+,21+,22-,23+,24+,25+/m1/s1. The van der Waals surface area contributed by atoms with Crippen LogP contribution in [-0.2, 0) is 19.1 Å². The van der Waals surface area contributed by atoms with E-state index in [0.29, 0.717) is 35.1 Å². The second-order valence-electron chi connectivity index (χ2n) is 11.4. The molecule has 6 nitrogen and oxygen atoms in total. The zero-order chi connectivity index (χ0) is 22.6. The van der Waals surface area contributed by atoms with Gasteiger partial charge in [-0.05, 0) is 80.5 Å². The van der Waals surface area contributed by atoms with Gasteiger partial charge in [-0.3, -0.25) is 14.4 Å². The van der Waals surface area contributed by atoms with E-state index in [9.17, 15) is 14.4 Å². The lowest BCUT2D eigenvalue weighted by Crippen LogP contribution is -2.56. The number of fused-ring (bicyclic) bond motifs is 5. The van der Waals surface area contributed by atoms with Crippen LogP contribution in [0.15, 0.2) is 0 Å². The predicted molar refractivity (Wildman–Crippen MR) is 118 cm³/mol. The highest BCUT2D eigenvalue weighted by molar-refractivity contribution is 5.74. The summed E-state index contributed by atoms with van der Waals surface area (Å²) in [5.74, 6) is 2.22. The van der Waals surface area contributed by atoms with Gasteiger partial charge in [-0.25, -0.2) is 0 Å². The van der Waals surface area contributed by atoms with E-state index in [-0.39, 0.29) is 35.3 Å². The van der Waals surface area contributed by atoms with Crippen molar-refractivity contribution in [1.82, 2.24) is 10.6 Å². The summed E-state index contributed by atoms with van der Waals surface area (Å²) < 4.78 is 5.87. The Labute approximate surface area is 186 Å². The quantitative estimate of drug-likeness (QED) is 0.668. The molecule has 0 aromatic carbocycles. The minimum Gasteiger partial charge on any atom is -0.460 e. The smallest absolute Gasteiger partial charge is 0.302 e. The molecule has 0 unspecified atom stereocenters. The van der Waals surface area contributed by atoms with Crippen LogP contribution in [0.4, 0.5) is 0 Å².